The summed E-state index contributed by atoms with van der Waals surface area (Å²) in [4.78, 5) is 22.5. The largest absolute Gasteiger partial charge is 0.346 e. The fraction of sp³-hybridized carbons (Fsp3) is 0.133. The van der Waals surface area contributed by atoms with Gasteiger partial charge in [0.1, 0.15) is 6.20 Å². The van der Waals surface area contributed by atoms with Gasteiger partial charge in [-0.2, -0.15) is 10.2 Å². The lowest BCUT2D eigenvalue weighted by atomic mass is 10.2. The molecule has 1 amide bonds. The average molecular weight is 326 g/mol. The minimum Gasteiger partial charge on any atom is -0.346 e. The van der Waals surface area contributed by atoms with Gasteiger partial charge in [0.15, 0.2) is 0 Å². The number of benzene rings is 1. The minimum atomic E-state index is -0.624. The molecule has 122 valence electrons. The van der Waals surface area contributed by atoms with Gasteiger partial charge in [-0.25, -0.2) is 4.68 Å². The third-order valence-electron chi connectivity index (χ3n) is 3.49. The number of aryl methyl sites for hydroxylation is 1. The van der Waals surface area contributed by atoms with Crippen LogP contribution in [0.4, 0.5) is 5.69 Å². The van der Waals surface area contributed by atoms with Crippen molar-refractivity contribution in [1.29, 1.82) is 0 Å². The Morgan fingerprint density at radius 1 is 1.29 bits per heavy atom. The average Bonchev–Trinajstić information content (AvgIpc) is 3.22. The van der Waals surface area contributed by atoms with Gasteiger partial charge in [0.05, 0.1) is 10.6 Å². The quantitative estimate of drug-likeness (QED) is 0.564. The monoisotopic (exact) mass is 326 g/mol. The zero-order chi connectivity index (χ0) is 17.1. The third kappa shape index (κ3) is 3.00. The van der Waals surface area contributed by atoms with Crippen LogP contribution in [0.1, 0.15) is 16.1 Å². The molecule has 1 aromatic carbocycles. The van der Waals surface area contributed by atoms with Gasteiger partial charge < -0.3 is 5.32 Å². The van der Waals surface area contributed by atoms with Crippen molar-refractivity contribution in [3.05, 3.63) is 70.3 Å². The summed E-state index contributed by atoms with van der Waals surface area (Å²) >= 11 is 0. The van der Waals surface area contributed by atoms with E-state index in [9.17, 15) is 14.9 Å². The van der Waals surface area contributed by atoms with Crippen LogP contribution in [0.2, 0.25) is 0 Å². The SMILES string of the molecule is Cn1ncc([N+](=O)[O-])c1C(=O)NCc1ccc(-n2cccn2)cc1. The smallest absolute Gasteiger partial charge is 0.320 e. The highest BCUT2D eigenvalue weighted by Gasteiger charge is 2.25. The summed E-state index contributed by atoms with van der Waals surface area (Å²) < 4.78 is 2.91. The number of nitrogens with one attached hydrogen (secondary N) is 1. The van der Waals surface area contributed by atoms with Crippen LogP contribution < -0.4 is 5.32 Å². The van der Waals surface area contributed by atoms with Crippen molar-refractivity contribution in [2.45, 2.75) is 6.54 Å². The van der Waals surface area contributed by atoms with E-state index in [0.29, 0.717) is 0 Å². The Kier molecular flexibility index (Phi) is 4.06. The molecule has 0 atom stereocenters. The number of hydrogen-bond donors (Lipinski definition) is 1. The highest BCUT2D eigenvalue weighted by atomic mass is 16.6. The zero-order valence-electron chi connectivity index (χ0n) is 12.8. The summed E-state index contributed by atoms with van der Waals surface area (Å²) in [6.45, 7) is 0.251. The highest BCUT2D eigenvalue weighted by molar-refractivity contribution is 5.96. The Labute approximate surface area is 136 Å². The Hall–Kier alpha value is -3.49. The number of rotatable bonds is 5. The molecule has 24 heavy (non-hydrogen) atoms. The second kappa shape index (κ2) is 6.32. The van der Waals surface area contributed by atoms with Crippen LogP contribution in [0.3, 0.4) is 0 Å². The molecule has 0 fully saturated rings. The van der Waals surface area contributed by atoms with Crippen LogP contribution in [-0.4, -0.2) is 30.4 Å². The summed E-state index contributed by atoms with van der Waals surface area (Å²) in [6, 6.07) is 9.29. The molecule has 0 aliphatic rings. The van der Waals surface area contributed by atoms with E-state index in [1.165, 1.54) is 11.7 Å². The van der Waals surface area contributed by atoms with Gasteiger partial charge in [-0.05, 0) is 23.8 Å². The van der Waals surface area contributed by atoms with Crippen molar-refractivity contribution in [3.63, 3.8) is 0 Å². The van der Waals surface area contributed by atoms with Gasteiger partial charge in [-0.1, -0.05) is 12.1 Å². The van der Waals surface area contributed by atoms with Crippen molar-refractivity contribution in [2.75, 3.05) is 0 Å². The van der Waals surface area contributed by atoms with Gasteiger partial charge in [0.2, 0.25) is 5.69 Å². The molecule has 0 aliphatic carbocycles. The van der Waals surface area contributed by atoms with Crippen LogP contribution in [0, 0.1) is 10.1 Å². The Morgan fingerprint density at radius 2 is 2.04 bits per heavy atom. The van der Waals surface area contributed by atoms with Crippen molar-refractivity contribution in [1.82, 2.24) is 24.9 Å². The van der Waals surface area contributed by atoms with E-state index < -0.39 is 10.8 Å². The maximum atomic E-state index is 12.2. The molecule has 0 saturated heterocycles. The van der Waals surface area contributed by atoms with Gasteiger partial charge in [-0.15, -0.1) is 0 Å². The second-order valence-corrected chi connectivity index (χ2v) is 5.06. The lowest BCUT2D eigenvalue weighted by Gasteiger charge is -2.07. The van der Waals surface area contributed by atoms with Crippen LogP contribution >= 0.6 is 0 Å². The molecule has 0 radical (unpaired) electrons. The van der Waals surface area contributed by atoms with Crippen LogP contribution in [0.5, 0.6) is 0 Å². The lowest BCUT2D eigenvalue weighted by Crippen LogP contribution is -2.26. The Balaban J connectivity index is 1.69. The fourth-order valence-corrected chi connectivity index (χ4v) is 2.28. The first kappa shape index (κ1) is 15.4. The van der Waals surface area contributed by atoms with Crippen molar-refractivity contribution < 1.29 is 9.72 Å². The standard InChI is InChI=1S/C15H14N6O3/c1-19-14(13(10-18-19)21(23)24)15(22)16-9-11-3-5-12(6-4-11)20-8-2-7-17-20/h2-8,10H,9H2,1H3,(H,16,22). The molecule has 3 rings (SSSR count). The van der Waals surface area contributed by atoms with Crippen LogP contribution in [-0.2, 0) is 13.6 Å². The van der Waals surface area contributed by atoms with Gasteiger partial charge in [-0.3, -0.25) is 19.6 Å². The Bertz CT molecular complexity index is 867. The third-order valence-corrected chi connectivity index (χ3v) is 3.49. The van der Waals surface area contributed by atoms with Gasteiger partial charge in [0.25, 0.3) is 5.91 Å². The number of nitro groups is 1. The summed E-state index contributed by atoms with van der Waals surface area (Å²) in [6.07, 6.45) is 4.58. The van der Waals surface area contributed by atoms with E-state index in [-0.39, 0.29) is 17.9 Å². The predicted octanol–water partition coefficient (Wildman–Crippen LogP) is 1.44. The molecule has 0 aliphatic heterocycles. The number of hydrogen-bond acceptors (Lipinski definition) is 5. The van der Waals surface area contributed by atoms with Crippen LogP contribution in [0.15, 0.2) is 48.9 Å². The number of carbonyl (C=O) groups excluding carboxylic acids is 1. The maximum absolute atomic E-state index is 12.2. The molecular weight excluding hydrogens is 312 g/mol. The van der Waals surface area contributed by atoms with Gasteiger partial charge in [0, 0.05) is 26.0 Å². The summed E-state index contributed by atoms with van der Waals surface area (Å²) in [5.74, 6) is -0.544. The molecular formula is C15H14N6O3. The number of nitrogens with zero attached hydrogens (tertiary/aromatic N) is 5. The molecule has 1 N–H and O–H groups in total. The molecule has 0 unspecified atom stereocenters. The fourth-order valence-electron chi connectivity index (χ4n) is 2.28. The molecule has 9 nitrogen and oxygen atoms in total. The predicted molar refractivity (Wildman–Crippen MR) is 84.6 cm³/mol. The summed E-state index contributed by atoms with van der Waals surface area (Å²) in [7, 11) is 1.49. The van der Waals surface area contributed by atoms with Gasteiger partial charge >= 0.3 is 5.69 Å². The molecule has 2 heterocycles. The molecule has 3 aromatic rings. The van der Waals surface area contributed by atoms with Crippen molar-refractivity contribution in [3.8, 4) is 5.69 Å². The van der Waals surface area contributed by atoms with Crippen LogP contribution in [0.25, 0.3) is 5.69 Å². The van der Waals surface area contributed by atoms with E-state index in [2.05, 4.69) is 15.5 Å². The maximum Gasteiger partial charge on any atom is 0.320 e. The van der Waals surface area contributed by atoms with E-state index in [0.717, 1.165) is 17.4 Å². The summed E-state index contributed by atoms with van der Waals surface area (Å²) in [5.41, 5.74) is 1.37. The first-order valence-corrected chi connectivity index (χ1v) is 7.10. The van der Waals surface area contributed by atoms with Crippen molar-refractivity contribution in [2.24, 2.45) is 7.05 Å². The molecule has 9 heteroatoms. The van der Waals surface area contributed by atoms with E-state index >= 15 is 0 Å². The molecule has 0 spiro atoms. The number of aromatic nitrogens is 4. The zero-order valence-corrected chi connectivity index (χ0v) is 12.8. The molecule has 2 aromatic heterocycles. The molecule has 0 bridgehead atoms. The highest BCUT2D eigenvalue weighted by Crippen LogP contribution is 2.16. The Morgan fingerprint density at radius 3 is 2.67 bits per heavy atom. The van der Waals surface area contributed by atoms with E-state index in [4.69, 9.17) is 0 Å². The molecule has 0 saturated carbocycles. The second-order valence-electron chi connectivity index (χ2n) is 5.06. The first-order valence-electron chi connectivity index (χ1n) is 7.10. The number of amides is 1. The van der Waals surface area contributed by atoms with E-state index in [1.54, 1.807) is 10.9 Å². The lowest BCUT2D eigenvalue weighted by molar-refractivity contribution is -0.385. The number of carbonyl (C=O) groups is 1. The minimum absolute atomic E-state index is 0.0758. The van der Waals surface area contributed by atoms with E-state index in [1.807, 2.05) is 36.5 Å². The topological polar surface area (TPSA) is 108 Å². The normalized spacial score (nSPS) is 10.5. The van der Waals surface area contributed by atoms with Crippen molar-refractivity contribution >= 4 is 11.6 Å². The first-order chi connectivity index (χ1) is 11.6. The summed E-state index contributed by atoms with van der Waals surface area (Å²) in [5, 5.41) is 21.5.